The van der Waals surface area contributed by atoms with E-state index in [1.807, 2.05) is 12.1 Å². The van der Waals surface area contributed by atoms with Gasteiger partial charge >= 0.3 is 0 Å². The van der Waals surface area contributed by atoms with E-state index in [1.165, 1.54) is 31.2 Å². The first kappa shape index (κ1) is 19.5. The number of likely N-dealkylation sites (N-methyl/N-ethyl adjacent to an activating group) is 1. The van der Waals surface area contributed by atoms with E-state index in [-0.39, 0.29) is 12.5 Å². The summed E-state index contributed by atoms with van der Waals surface area (Å²) in [6.07, 6.45) is 6.03. The maximum atomic E-state index is 12.0. The highest BCUT2D eigenvalue weighted by atomic mass is 16.5. The molecule has 3 rings (SSSR count). The molecule has 148 valence electrons. The van der Waals surface area contributed by atoms with E-state index in [9.17, 15) is 4.79 Å². The minimum atomic E-state index is 0.0339. The summed E-state index contributed by atoms with van der Waals surface area (Å²) in [6.45, 7) is 2.10. The van der Waals surface area contributed by atoms with Crippen LogP contribution in [0.25, 0.3) is 0 Å². The molecule has 1 atom stereocenters. The van der Waals surface area contributed by atoms with Gasteiger partial charge in [-0.25, -0.2) is 4.99 Å². The lowest BCUT2D eigenvalue weighted by Gasteiger charge is -2.25. The third-order valence-electron chi connectivity index (χ3n) is 5.63. The SMILES string of the molecule is COc1ccc(C2CCN(C(=NCC(=O)N(C)C)NC3CCCC3)C2)cc1. The van der Waals surface area contributed by atoms with Gasteiger partial charge in [-0.05, 0) is 37.0 Å². The van der Waals surface area contributed by atoms with Crippen molar-refractivity contribution < 1.29 is 9.53 Å². The second-order valence-corrected chi connectivity index (χ2v) is 7.76. The van der Waals surface area contributed by atoms with E-state index in [0.717, 1.165) is 31.2 Å². The van der Waals surface area contributed by atoms with E-state index in [0.29, 0.717) is 12.0 Å². The van der Waals surface area contributed by atoms with Gasteiger partial charge < -0.3 is 19.9 Å². The predicted molar refractivity (Wildman–Crippen MR) is 108 cm³/mol. The fourth-order valence-electron chi connectivity index (χ4n) is 3.87. The Balaban J connectivity index is 1.67. The highest BCUT2D eigenvalue weighted by Gasteiger charge is 2.28. The van der Waals surface area contributed by atoms with Crippen LogP contribution in [0.4, 0.5) is 0 Å². The summed E-state index contributed by atoms with van der Waals surface area (Å²) in [5.74, 6) is 2.30. The van der Waals surface area contributed by atoms with E-state index in [1.54, 1.807) is 26.1 Å². The fourth-order valence-corrected chi connectivity index (χ4v) is 3.87. The number of nitrogens with one attached hydrogen (secondary N) is 1. The average molecular weight is 373 g/mol. The van der Waals surface area contributed by atoms with Gasteiger partial charge in [0, 0.05) is 39.1 Å². The van der Waals surface area contributed by atoms with Crippen molar-refractivity contribution in [3.8, 4) is 5.75 Å². The average Bonchev–Trinajstić information content (AvgIpc) is 3.36. The Morgan fingerprint density at radius 2 is 1.93 bits per heavy atom. The van der Waals surface area contributed by atoms with Gasteiger partial charge in [-0.1, -0.05) is 25.0 Å². The third kappa shape index (κ3) is 5.15. The lowest BCUT2D eigenvalue weighted by atomic mass is 9.98. The van der Waals surface area contributed by atoms with Crippen LogP contribution in [0.5, 0.6) is 5.75 Å². The van der Waals surface area contributed by atoms with Gasteiger partial charge in [0.25, 0.3) is 0 Å². The van der Waals surface area contributed by atoms with E-state index >= 15 is 0 Å². The Hall–Kier alpha value is -2.24. The quantitative estimate of drug-likeness (QED) is 0.637. The van der Waals surface area contributed by atoms with Crippen molar-refractivity contribution >= 4 is 11.9 Å². The molecule has 1 heterocycles. The van der Waals surface area contributed by atoms with Crippen molar-refractivity contribution in [2.45, 2.75) is 44.1 Å². The van der Waals surface area contributed by atoms with Crippen LogP contribution in [-0.4, -0.2) is 68.5 Å². The van der Waals surface area contributed by atoms with Gasteiger partial charge in [0.15, 0.2) is 5.96 Å². The predicted octanol–water partition coefficient (Wildman–Crippen LogP) is 2.46. The summed E-state index contributed by atoms with van der Waals surface area (Å²) in [6, 6.07) is 8.85. The smallest absolute Gasteiger partial charge is 0.243 e. The molecule has 1 amide bonds. The molecular formula is C21H32N4O2. The molecule has 0 spiro atoms. The molecule has 2 aliphatic rings. The zero-order chi connectivity index (χ0) is 19.2. The van der Waals surface area contributed by atoms with Crippen LogP contribution in [-0.2, 0) is 4.79 Å². The van der Waals surface area contributed by atoms with Gasteiger partial charge in [-0.2, -0.15) is 0 Å². The molecule has 6 nitrogen and oxygen atoms in total. The number of aliphatic imine (C=N–C) groups is 1. The summed E-state index contributed by atoms with van der Waals surface area (Å²) in [5.41, 5.74) is 1.34. The molecule has 1 unspecified atom stereocenters. The first-order valence-electron chi connectivity index (χ1n) is 9.97. The summed E-state index contributed by atoms with van der Waals surface area (Å²) in [5, 5.41) is 3.63. The Labute approximate surface area is 162 Å². The normalized spacial score (nSPS) is 20.8. The van der Waals surface area contributed by atoms with Crippen molar-refractivity contribution in [1.82, 2.24) is 15.1 Å². The molecule has 0 aromatic heterocycles. The highest BCUT2D eigenvalue weighted by molar-refractivity contribution is 5.85. The second-order valence-electron chi connectivity index (χ2n) is 7.76. The molecule has 1 saturated heterocycles. The van der Waals surface area contributed by atoms with Crippen LogP contribution in [0.1, 0.15) is 43.6 Å². The fraction of sp³-hybridized carbons (Fsp3) is 0.619. The zero-order valence-corrected chi connectivity index (χ0v) is 16.8. The number of likely N-dealkylation sites (tertiary alicyclic amines) is 1. The summed E-state index contributed by atoms with van der Waals surface area (Å²) in [4.78, 5) is 20.6. The first-order chi connectivity index (χ1) is 13.1. The molecule has 1 aliphatic carbocycles. The number of rotatable bonds is 5. The molecule has 1 aromatic rings. The topological polar surface area (TPSA) is 57.2 Å². The molecule has 1 aromatic carbocycles. The highest BCUT2D eigenvalue weighted by Crippen LogP contribution is 2.29. The Bertz CT molecular complexity index is 651. The summed E-state index contributed by atoms with van der Waals surface area (Å²) >= 11 is 0. The lowest BCUT2D eigenvalue weighted by Crippen LogP contribution is -2.45. The first-order valence-corrected chi connectivity index (χ1v) is 9.97. The van der Waals surface area contributed by atoms with Crippen molar-refractivity contribution in [3.63, 3.8) is 0 Å². The molecule has 0 radical (unpaired) electrons. The van der Waals surface area contributed by atoms with Gasteiger partial charge in [0.2, 0.25) is 5.91 Å². The van der Waals surface area contributed by atoms with Gasteiger partial charge in [0.05, 0.1) is 7.11 Å². The molecule has 1 aliphatic heterocycles. The minimum absolute atomic E-state index is 0.0339. The molecule has 6 heteroatoms. The number of nitrogens with zero attached hydrogens (tertiary/aromatic N) is 3. The van der Waals surface area contributed by atoms with Crippen LogP contribution in [0.2, 0.25) is 0 Å². The van der Waals surface area contributed by atoms with Crippen LogP contribution in [0, 0.1) is 0 Å². The Morgan fingerprint density at radius 3 is 2.56 bits per heavy atom. The molecular weight excluding hydrogens is 340 g/mol. The molecule has 1 saturated carbocycles. The maximum absolute atomic E-state index is 12.0. The van der Waals surface area contributed by atoms with Crippen molar-refractivity contribution in [2.24, 2.45) is 4.99 Å². The Kier molecular flexibility index (Phi) is 6.58. The standard InChI is InChI=1S/C21H32N4O2/c1-24(2)20(26)14-22-21(23-18-6-4-5-7-18)25-13-12-17(15-25)16-8-10-19(27-3)11-9-16/h8-11,17-18H,4-7,12-15H2,1-3H3,(H,22,23). The molecule has 1 N–H and O–H groups in total. The number of carbonyl (C=O) groups excluding carboxylic acids is 1. The van der Waals surface area contributed by atoms with Crippen molar-refractivity contribution in [1.29, 1.82) is 0 Å². The third-order valence-corrected chi connectivity index (χ3v) is 5.63. The van der Waals surface area contributed by atoms with Gasteiger partial charge in [-0.15, -0.1) is 0 Å². The van der Waals surface area contributed by atoms with Crippen LogP contribution < -0.4 is 10.1 Å². The van der Waals surface area contributed by atoms with Gasteiger partial charge in [-0.3, -0.25) is 4.79 Å². The second kappa shape index (κ2) is 9.11. The van der Waals surface area contributed by atoms with Crippen LogP contribution in [0.15, 0.2) is 29.3 Å². The minimum Gasteiger partial charge on any atom is -0.497 e. The van der Waals surface area contributed by atoms with Crippen LogP contribution in [0.3, 0.4) is 0 Å². The number of hydrogen-bond acceptors (Lipinski definition) is 3. The van der Waals surface area contributed by atoms with Crippen molar-refractivity contribution in [3.05, 3.63) is 29.8 Å². The zero-order valence-electron chi connectivity index (χ0n) is 16.8. The largest absolute Gasteiger partial charge is 0.497 e. The summed E-state index contributed by atoms with van der Waals surface area (Å²) in [7, 11) is 5.24. The van der Waals surface area contributed by atoms with E-state index in [2.05, 4.69) is 27.3 Å². The molecule has 2 fully saturated rings. The number of benzene rings is 1. The molecule has 0 bridgehead atoms. The summed E-state index contributed by atoms with van der Waals surface area (Å²) < 4.78 is 5.26. The van der Waals surface area contributed by atoms with E-state index in [4.69, 9.17) is 4.74 Å². The maximum Gasteiger partial charge on any atom is 0.243 e. The number of hydrogen-bond donors (Lipinski definition) is 1. The lowest BCUT2D eigenvalue weighted by molar-refractivity contribution is -0.127. The number of ether oxygens (including phenoxy) is 1. The van der Waals surface area contributed by atoms with Crippen LogP contribution >= 0.6 is 0 Å². The van der Waals surface area contributed by atoms with Gasteiger partial charge in [0.1, 0.15) is 12.3 Å². The molecule has 27 heavy (non-hydrogen) atoms. The number of methoxy groups -OCH3 is 1. The Morgan fingerprint density at radius 1 is 1.22 bits per heavy atom. The number of carbonyl (C=O) groups is 1. The van der Waals surface area contributed by atoms with Crippen molar-refractivity contribution in [2.75, 3.05) is 40.8 Å². The monoisotopic (exact) mass is 372 g/mol. The number of amides is 1. The number of guanidine groups is 1. The van der Waals surface area contributed by atoms with E-state index < -0.39 is 0 Å².